The SMILES string of the molecule is CC(C)N1Sc2ccccc2C(=O)C1c1nn[nH]n1. The van der Waals surface area contributed by atoms with E-state index in [1.165, 1.54) is 0 Å². The Hall–Kier alpha value is -1.73. The Morgan fingerprint density at radius 2 is 2.16 bits per heavy atom. The van der Waals surface area contributed by atoms with Gasteiger partial charge in [0.25, 0.3) is 0 Å². The number of fused-ring (bicyclic) bond motifs is 1. The Balaban J connectivity index is 2.09. The van der Waals surface area contributed by atoms with E-state index in [1.54, 1.807) is 11.9 Å². The van der Waals surface area contributed by atoms with Crippen LogP contribution in [0.1, 0.15) is 36.1 Å². The first-order chi connectivity index (χ1) is 9.18. The third kappa shape index (κ3) is 2.04. The van der Waals surface area contributed by atoms with Gasteiger partial charge in [-0.15, -0.1) is 10.2 Å². The van der Waals surface area contributed by atoms with Crippen LogP contribution in [0.5, 0.6) is 0 Å². The molecular formula is C12H13N5OS. The predicted octanol–water partition coefficient (Wildman–Crippen LogP) is 1.85. The average molecular weight is 275 g/mol. The zero-order valence-corrected chi connectivity index (χ0v) is 11.4. The number of aromatic amines is 1. The third-order valence-electron chi connectivity index (χ3n) is 2.97. The molecular weight excluding hydrogens is 262 g/mol. The minimum absolute atomic E-state index is 0.0180. The van der Waals surface area contributed by atoms with Gasteiger partial charge in [-0.05, 0) is 31.9 Å². The van der Waals surface area contributed by atoms with Crippen molar-refractivity contribution in [3.63, 3.8) is 0 Å². The van der Waals surface area contributed by atoms with Gasteiger partial charge < -0.3 is 0 Å². The molecule has 1 N–H and O–H groups in total. The van der Waals surface area contributed by atoms with Crippen LogP contribution in [0.15, 0.2) is 29.2 Å². The van der Waals surface area contributed by atoms with Crippen LogP contribution in [-0.4, -0.2) is 36.8 Å². The fourth-order valence-electron chi connectivity index (χ4n) is 2.10. The van der Waals surface area contributed by atoms with Crippen LogP contribution in [0.25, 0.3) is 0 Å². The molecule has 1 aliphatic heterocycles. The molecule has 0 amide bonds. The third-order valence-corrected chi connectivity index (χ3v) is 4.37. The minimum Gasteiger partial charge on any atom is -0.292 e. The summed E-state index contributed by atoms with van der Waals surface area (Å²) in [4.78, 5) is 13.6. The maximum Gasteiger partial charge on any atom is 0.200 e. The van der Waals surface area contributed by atoms with E-state index in [0.717, 1.165) is 10.5 Å². The van der Waals surface area contributed by atoms with Crippen LogP contribution >= 0.6 is 11.9 Å². The smallest absolute Gasteiger partial charge is 0.200 e. The van der Waals surface area contributed by atoms with Gasteiger partial charge in [-0.2, -0.15) is 5.21 Å². The van der Waals surface area contributed by atoms with Crippen molar-refractivity contribution in [1.82, 2.24) is 24.9 Å². The second-order valence-corrected chi connectivity index (χ2v) is 5.62. The molecule has 1 aromatic heterocycles. The van der Waals surface area contributed by atoms with Gasteiger partial charge in [0.05, 0.1) is 0 Å². The number of Topliss-reactive ketones (excluding diaryl/α,β-unsaturated/α-hetero) is 1. The first-order valence-corrected chi connectivity index (χ1v) is 6.78. The normalized spacial score (nSPS) is 19.7. The largest absolute Gasteiger partial charge is 0.292 e. The molecule has 3 rings (SSSR count). The fraction of sp³-hybridized carbons (Fsp3) is 0.333. The van der Waals surface area contributed by atoms with E-state index in [4.69, 9.17) is 0 Å². The molecule has 0 bridgehead atoms. The fourth-order valence-corrected chi connectivity index (χ4v) is 3.24. The Kier molecular flexibility index (Phi) is 3.08. The molecule has 1 atom stereocenters. The molecule has 2 heterocycles. The second kappa shape index (κ2) is 4.75. The topological polar surface area (TPSA) is 74.8 Å². The van der Waals surface area contributed by atoms with Gasteiger partial charge in [-0.25, -0.2) is 4.31 Å². The number of nitrogens with one attached hydrogen (secondary N) is 1. The first kappa shape index (κ1) is 12.3. The number of H-pyrrole nitrogens is 1. The lowest BCUT2D eigenvalue weighted by atomic mass is 10.0. The van der Waals surface area contributed by atoms with Crippen LogP contribution in [0, 0.1) is 0 Å². The highest BCUT2D eigenvalue weighted by Gasteiger charge is 2.39. The van der Waals surface area contributed by atoms with Gasteiger partial charge in [-0.1, -0.05) is 23.4 Å². The van der Waals surface area contributed by atoms with Crippen LogP contribution < -0.4 is 0 Å². The maximum atomic E-state index is 12.7. The number of tetrazole rings is 1. The monoisotopic (exact) mass is 275 g/mol. The summed E-state index contributed by atoms with van der Waals surface area (Å²) >= 11 is 1.57. The summed E-state index contributed by atoms with van der Waals surface area (Å²) < 4.78 is 2.01. The van der Waals surface area contributed by atoms with Crippen LogP contribution in [0.3, 0.4) is 0 Å². The summed E-state index contributed by atoms with van der Waals surface area (Å²) in [7, 11) is 0. The lowest BCUT2D eigenvalue weighted by Crippen LogP contribution is -2.38. The van der Waals surface area contributed by atoms with Crippen molar-refractivity contribution >= 4 is 17.7 Å². The van der Waals surface area contributed by atoms with Gasteiger partial charge in [0.2, 0.25) is 0 Å². The number of carbonyl (C=O) groups excluding carboxylic acids is 1. The van der Waals surface area contributed by atoms with Gasteiger partial charge in [-0.3, -0.25) is 4.79 Å². The van der Waals surface area contributed by atoms with Crippen molar-refractivity contribution in [2.45, 2.75) is 30.8 Å². The summed E-state index contributed by atoms with van der Waals surface area (Å²) in [6.07, 6.45) is 0. The molecule has 1 aliphatic rings. The highest BCUT2D eigenvalue weighted by molar-refractivity contribution is 7.97. The molecule has 6 nitrogen and oxygen atoms in total. The first-order valence-electron chi connectivity index (χ1n) is 6.01. The summed E-state index contributed by atoms with van der Waals surface area (Å²) in [5.41, 5.74) is 0.721. The maximum absolute atomic E-state index is 12.7. The molecule has 1 aromatic carbocycles. The van der Waals surface area contributed by atoms with Crippen LogP contribution in [0.2, 0.25) is 0 Å². The average Bonchev–Trinajstić information content (AvgIpc) is 2.92. The van der Waals surface area contributed by atoms with E-state index in [-0.39, 0.29) is 11.8 Å². The van der Waals surface area contributed by atoms with Crippen molar-refractivity contribution in [2.75, 3.05) is 0 Å². The molecule has 0 radical (unpaired) electrons. The van der Waals surface area contributed by atoms with E-state index < -0.39 is 6.04 Å². The van der Waals surface area contributed by atoms with E-state index >= 15 is 0 Å². The van der Waals surface area contributed by atoms with E-state index in [2.05, 4.69) is 20.6 Å². The highest BCUT2D eigenvalue weighted by Crippen LogP contribution is 2.41. The summed E-state index contributed by atoms with van der Waals surface area (Å²) in [6, 6.07) is 7.31. The van der Waals surface area contributed by atoms with Crippen molar-refractivity contribution in [3.8, 4) is 0 Å². The molecule has 2 aromatic rings. The van der Waals surface area contributed by atoms with Crippen molar-refractivity contribution in [3.05, 3.63) is 35.7 Å². The molecule has 0 saturated carbocycles. The van der Waals surface area contributed by atoms with Crippen LogP contribution in [0.4, 0.5) is 0 Å². The number of aromatic nitrogens is 4. The molecule has 0 spiro atoms. The van der Waals surface area contributed by atoms with E-state index in [9.17, 15) is 4.79 Å². The highest BCUT2D eigenvalue weighted by atomic mass is 32.2. The number of nitrogens with zero attached hydrogens (tertiary/aromatic N) is 4. The molecule has 19 heavy (non-hydrogen) atoms. The Bertz CT molecular complexity index is 598. The number of carbonyl (C=O) groups is 1. The molecule has 0 fully saturated rings. The second-order valence-electron chi connectivity index (χ2n) is 4.58. The standard InChI is InChI=1S/C12H13N5OS/c1-7(2)17-10(12-13-15-16-14-12)11(18)8-5-3-4-6-9(8)19-17/h3-7,10H,1-2H3,(H,13,14,15,16). The summed E-state index contributed by atoms with van der Waals surface area (Å²) in [6.45, 7) is 4.09. The molecule has 1 unspecified atom stereocenters. The van der Waals surface area contributed by atoms with E-state index in [0.29, 0.717) is 5.82 Å². The predicted molar refractivity (Wildman–Crippen MR) is 70.5 cm³/mol. The van der Waals surface area contributed by atoms with Crippen molar-refractivity contribution in [2.24, 2.45) is 0 Å². The molecule has 0 saturated heterocycles. The van der Waals surface area contributed by atoms with Crippen LogP contribution in [-0.2, 0) is 0 Å². The van der Waals surface area contributed by atoms with Crippen molar-refractivity contribution in [1.29, 1.82) is 0 Å². The Labute approximate surface area is 114 Å². The lowest BCUT2D eigenvalue weighted by Gasteiger charge is -2.35. The zero-order valence-electron chi connectivity index (χ0n) is 10.6. The van der Waals surface area contributed by atoms with Crippen molar-refractivity contribution < 1.29 is 4.79 Å². The number of ketones is 1. The molecule has 7 heteroatoms. The molecule has 98 valence electrons. The Morgan fingerprint density at radius 3 is 2.84 bits per heavy atom. The number of hydrogen-bond donors (Lipinski definition) is 1. The lowest BCUT2D eigenvalue weighted by molar-refractivity contribution is 0.0867. The number of rotatable bonds is 2. The zero-order chi connectivity index (χ0) is 13.4. The quantitative estimate of drug-likeness (QED) is 0.843. The summed E-state index contributed by atoms with van der Waals surface area (Å²) in [5.74, 6) is 0.435. The van der Waals surface area contributed by atoms with Gasteiger partial charge in [0.15, 0.2) is 11.6 Å². The van der Waals surface area contributed by atoms with Gasteiger partial charge in [0, 0.05) is 16.5 Å². The van der Waals surface area contributed by atoms with E-state index in [1.807, 2.05) is 42.4 Å². The summed E-state index contributed by atoms with van der Waals surface area (Å²) in [5, 5.41) is 13.9. The van der Waals surface area contributed by atoms with Gasteiger partial charge >= 0.3 is 0 Å². The minimum atomic E-state index is -0.487. The number of benzene rings is 1. The van der Waals surface area contributed by atoms with Gasteiger partial charge in [0.1, 0.15) is 6.04 Å². The number of hydrogen-bond acceptors (Lipinski definition) is 6. The Morgan fingerprint density at radius 1 is 1.37 bits per heavy atom. The molecule has 0 aliphatic carbocycles.